The molecule has 20 heavy (non-hydrogen) atoms. The van der Waals surface area contributed by atoms with Gasteiger partial charge in [-0.1, -0.05) is 5.21 Å². The lowest BCUT2D eigenvalue weighted by Crippen LogP contribution is -2.31. The van der Waals surface area contributed by atoms with Gasteiger partial charge in [-0.3, -0.25) is 4.68 Å². The maximum absolute atomic E-state index is 5.49. The molecule has 1 N–H and O–H groups in total. The maximum Gasteiger partial charge on any atom is 0.231 e. The largest absolute Gasteiger partial charge is 0.454 e. The Bertz CT molecular complexity index is 653. The van der Waals surface area contributed by atoms with Crippen LogP contribution in [0.25, 0.3) is 0 Å². The Morgan fingerprint density at radius 2 is 2.20 bits per heavy atom. The summed E-state index contributed by atoms with van der Waals surface area (Å²) in [5, 5.41) is 11.7. The Kier molecular flexibility index (Phi) is 2.63. The van der Waals surface area contributed by atoms with Crippen LogP contribution in [0.1, 0.15) is 22.9 Å². The van der Waals surface area contributed by atoms with E-state index < -0.39 is 0 Å². The van der Waals surface area contributed by atoms with E-state index in [4.69, 9.17) is 9.47 Å². The van der Waals surface area contributed by atoms with Crippen molar-refractivity contribution < 1.29 is 9.47 Å². The molecular formula is C14H16N4O2. The van der Waals surface area contributed by atoms with Crippen LogP contribution in [0.3, 0.4) is 0 Å². The fourth-order valence-corrected chi connectivity index (χ4v) is 2.91. The van der Waals surface area contributed by atoms with Gasteiger partial charge in [-0.25, -0.2) is 0 Å². The monoisotopic (exact) mass is 272 g/mol. The van der Waals surface area contributed by atoms with Crippen LogP contribution in [0, 0.1) is 0 Å². The standard InChI is InChI=1S/C14H16N4O2/c1-18-7-10(16-17-18)5-12-11-6-14-13(19-8-20-14)4-9(11)2-3-15-12/h4,6-7,12,15H,2-3,5,8H2,1H3. The van der Waals surface area contributed by atoms with Crippen molar-refractivity contribution in [2.45, 2.75) is 18.9 Å². The first kappa shape index (κ1) is 11.7. The van der Waals surface area contributed by atoms with Crippen molar-refractivity contribution in [3.8, 4) is 11.5 Å². The van der Waals surface area contributed by atoms with E-state index in [1.807, 2.05) is 13.2 Å². The second-order valence-electron chi connectivity index (χ2n) is 5.25. The number of nitrogens with one attached hydrogen (secondary N) is 1. The highest BCUT2D eigenvalue weighted by Gasteiger charge is 2.25. The smallest absolute Gasteiger partial charge is 0.231 e. The first-order chi connectivity index (χ1) is 9.79. The van der Waals surface area contributed by atoms with E-state index in [1.165, 1.54) is 11.1 Å². The van der Waals surface area contributed by atoms with Gasteiger partial charge in [-0.15, -0.1) is 5.10 Å². The van der Waals surface area contributed by atoms with Crippen LogP contribution in [0.5, 0.6) is 11.5 Å². The van der Waals surface area contributed by atoms with Gasteiger partial charge < -0.3 is 14.8 Å². The molecule has 0 fully saturated rings. The molecule has 1 unspecified atom stereocenters. The van der Waals surface area contributed by atoms with Crippen molar-refractivity contribution in [1.29, 1.82) is 0 Å². The molecule has 1 aromatic carbocycles. The predicted molar refractivity (Wildman–Crippen MR) is 71.7 cm³/mol. The van der Waals surface area contributed by atoms with E-state index in [0.717, 1.165) is 36.6 Å². The maximum atomic E-state index is 5.49. The lowest BCUT2D eigenvalue weighted by atomic mass is 9.91. The van der Waals surface area contributed by atoms with Crippen LogP contribution in [0.15, 0.2) is 18.3 Å². The minimum atomic E-state index is 0.255. The first-order valence-electron chi connectivity index (χ1n) is 6.80. The van der Waals surface area contributed by atoms with Crippen LogP contribution < -0.4 is 14.8 Å². The number of benzene rings is 1. The number of fused-ring (bicyclic) bond motifs is 2. The first-order valence-corrected chi connectivity index (χ1v) is 6.80. The molecule has 2 aliphatic heterocycles. The lowest BCUT2D eigenvalue weighted by molar-refractivity contribution is 0.174. The van der Waals surface area contributed by atoms with Gasteiger partial charge in [0.1, 0.15) is 0 Å². The molecule has 2 aliphatic rings. The van der Waals surface area contributed by atoms with E-state index in [-0.39, 0.29) is 6.04 Å². The summed E-state index contributed by atoms with van der Waals surface area (Å²) in [5.41, 5.74) is 3.61. The Morgan fingerprint density at radius 1 is 1.35 bits per heavy atom. The summed E-state index contributed by atoms with van der Waals surface area (Å²) < 4.78 is 12.7. The molecule has 0 saturated carbocycles. The third-order valence-electron chi connectivity index (χ3n) is 3.86. The topological polar surface area (TPSA) is 61.2 Å². The molecule has 0 bridgehead atoms. The molecule has 0 aliphatic carbocycles. The molecule has 0 radical (unpaired) electrons. The summed E-state index contributed by atoms with van der Waals surface area (Å²) in [5.74, 6) is 1.71. The average molecular weight is 272 g/mol. The molecule has 1 aromatic heterocycles. The minimum absolute atomic E-state index is 0.255. The second kappa shape index (κ2) is 4.49. The van der Waals surface area contributed by atoms with Crippen LogP contribution in [-0.4, -0.2) is 28.3 Å². The summed E-state index contributed by atoms with van der Waals surface area (Å²) >= 11 is 0. The zero-order valence-electron chi connectivity index (χ0n) is 11.3. The molecule has 0 saturated heterocycles. The zero-order valence-corrected chi connectivity index (χ0v) is 11.3. The third-order valence-corrected chi connectivity index (χ3v) is 3.86. The van der Waals surface area contributed by atoms with Gasteiger partial charge in [0.25, 0.3) is 0 Å². The molecular weight excluding hydrogens is 256 g/mol. The fourth-order valence-electron chi connectivity index (χ4n) is 2.91. The van der Waals surface area contributed by atoms with Crippen LogP contribution in [0.2, 0.25) is 0 Å². The summed E-state index contributed by atoms with van der Waals surface area (Å²) in [4.78, 5) is 0. The Balaban J connectivity index is 1.67. The highest BCUT2D eigenvalue weighted by Crippen LogP contribution is 2.38. The molecule has 2 aromatic rings. The molecule has 0 amide bonds. The van der Waals surface area contributed by atoms with Gasteiger partial charge in [-0.2, -0.15) is 0 Å². The molecule has 4 rings (SSSR count). The molecule has 0 spiro atoms. The van der Waals surface area contributed by atoms with Gasteiger partial charge in [0.05, 0.1) is 5.69 Å². The van der Waals surface area contributed by atoms with Gasteiger partial charge in [0, 0.05) is 25.7 Å². The summed E-state index contributed by atoms with van der Waals surface area (Å²) in [7, 11) is 1.89. The Labute approximate surface area is 116 Å². The van der Waals surface area contributed by atoms with Crippen LogP contribution in [-0.2, 0) is 19.9 Å². The lowest BCUT2D eigenvalue weighted by Gasteiger charge is -2.26. The minimum Gasteiger partial charge on any atom is -0.454 e. The number of ether oxygens (including phenoxy) is 2. The number of hydrogen-bond acceptors (Lipinski definition) is 5. The van der Waals surface area contributed by atoms with Crippen molar-refractivity contribution in [3.63, 3.8) is 0 Å². The van der Waals surface area contributed by atoms with Crippen molar-refractivity contribution in [2.24, 2.45) is 7.05 Å². The second-order valence-corrected chi connectivity index (χ2v) is 5.25. The molecule has 104 valence electrons. The average Bonchev–Trinajstić information content (AvgIpc) is 3.05. The van der Waals surface area contributed by atoms with E-state index in [2.05, 4.69) is 27.8 Å². The molecule has 6 heteroatoms. The number of aryl methyl sites for hydroxylation is 1. The normalized spacial score (nSPS) is 19.9. The Hall–Kier alpha value is -2.08. The third kappa shape index (κ3) is 1.92. The van der Waals surface area contributed by atoms with Gasteiger partial charge >= 0.3 is 0 Å². The van der Waals surface area contributed by atoms with E-state index in [1.54, 1.807) is 4.68 Å². The number of nitrogens with zero attached hydrogens (tertiary/aromatic N) is 3. The number of aromatic nitrogens is 3. The van der Waals surface area contributed by atoms with Crippen LogP contribution in [0.4, 0.5) is 0 Å². The number of rotatable bonds is 2. The molecule has 1 atom stereocenters. The fraction of sp³-hybridized carbons (Fsp3) is 0.429. The molecule has 6 nitrogen and oxygen atoms in total. The summed E-state index contributed by atoms with van der Waals surface area (Å²) in [6.07, 6.45) is 3.81. The van der Waals surface area contributed by atoms with E-state index in [0.29, 0.717) is 6.79 Å². The SMILES string of the molecule is Cn1cc(CC2NCCc3cc4c(cc32)OCO4)nn1. The van der Waals surface area contributed by atoms with Gasteiger partial charge in [0.15, 0.2) is 11.5 Å². The Morgan fingerprint density at radius 3 is 3.00 bits per heavy atom. The van der Waals surface area contributed by atoms with Crippen molar-refractivity contribution in [1.82, 2.24) is 20.3 Å². The summed E-state index contributed by atoms with van der Waals surface area (Å²) in [6, 6.07) is 4.47. The van der Waals surface area contributed by atoms with Crippen molar-refractivity contribution >= 4 is 0 Å². The van der Waals surface area contributed by atoms with E-state index in [9.17, 15) is 0 Å². The number of hydrogen-bond donors (Lipinski definition) is 1. The summed E-state index contributed by atoms with van der Waals surface area (Å²) in [6.45, 7) is 1.29. The quantitative estimate of drug-likeness (QED) is 0.883. The highest BCUT2D eigenvalue weighted by molar-refractivity contribution is 5.50. The van der Waals surface area contributed by atoms with E-state index >= 15 is 0 Å². The highest BCUT2D eigenvalue weighted by atomic mass is 16.7. The van der Waals surface area contributed by atoms with Crippen molar-refractivity contribution in [3.05, 3.63) is 35.2 Å². The molecule has 3 heterocycles. The predicted octanol–water partition coefficient (Wildman–Crippen LogP) is 0.973. The van der Waals surface area contributed by atoms with Gasteiger partial charge in [-0.05, 0) is 36.2 Å². The van der Waals surface area contributed by atoms with Crippen LogP contribution >= 0.6 is 0 Å². The van der Waals surface area contributed by atoms with Gasteiger partial charge in [0.2, 0.25) is 6.79 Å². The zero-order chi connectivity index (χ0) is 13.5. The van der Waals surface area contributed by atoms with Crippen molar-refractivity contribution in [2.75, 3.05) is 13.3 Å².